The normalized spacial score (nSPS) is 10.6. The maximum atomic E-state index is 11.8. The quantitative estimate of drug-likeness (QED) is 0.0275. The first-order valence-corrected chi connectivity index (χ1v) is 13.4. The van der Waals surface area contributed by atoms with E-state index in [-0.39, 0.29) is 38.5 Å². The van der Waals surface area contributed by atoms with Crippen molar-refractivity contribution in [3.8, 4) is 0 Å². The fourth-order valence-corrected chi connectivity index (χ4v) is 2.50. The van der Waals surface area contributed by atoms with Crippen LogP contribution < -0.4 is 32.0 Å². The largest absolute Gasteiger partial charge is 0.443 e. The highest BCUT2D eigenvalue weighted by molar-refractivity contribution is 6.30. The number of alkyl carbamates (subject to hydrolysis) is 1. The zero-order valence-corrected chi connectivity index (χ0v) is 24.4. The summed E-state index contributed by atoms with van der Waals surface area (Å²) in [6.45, 7) is 6.76. The Morgan fingerprint density at radius 1 is 0.698 bits per heavy atom. The first kappa shape index (κ1) is 38.6. The van der Waals surface area contributed by atoms with Crippen LogP contribution in [0.25, 0.3) is 0 Å². The fourth-order valence-electron chi connectivity index (χ4n) is 2.50. The van der Waals surface area contributed by atoms with Crippen LogP contribution in [-0.2, 0) is 43.0 Å². The number of rotatable bonds is 27. The van der Waals surface area contributed by atoms with E-state index in [1.54, 1.807) is 0 Å². The number of hydrazone groups is 1. The SMILES string of the molecule is C=NOCC(=O)NCC(=O)NCC(=O)NCC(=O)NCCNC(=O)OCC(C=N)=NNCCOCCOCCOCCC. The molecule has 0 fully saturated rings. The number of oxime groups is 1. The van der Waals surface area contributed by atoms with Gasteiger partial charge in [-0.15, -0.1) is 5.16 Å². The highest BCUT2D eigenvalue weighted by Crippen LogP contribution is 1.84. The Balaban J connectivity index is 3.81. The molecule has 0 aliphatic carbocycles. The minimum absolute atomic E-state index is 0.0380. The van der Waals surface area contributed by atoms with Gasteiger partial charge in [0.25, 0.3) is 5.91 Å². The van der Waals surface area contributed by atoms with Crippen molar-refractivity contribution in [2.75, 3.05) is 92.1 Å². The van der Waals surface area contributed by atoms with Gasteiger partial charge in [0.1, 0.15) is 12.3 Å². The molecule has 244 valence electrons. The molecular weight excluding hydrogens is 574 g/mol. The molecule has 0 atom stereocenters. The number of amides is 5. The third kappa shape index (κ3) is 26.3. The molecule has 0 aromatic carbocycles. The number of nitrogens with one attached hydrogen (secondary N) is 7. The molecule has 0 bridgehead atoms. The highest BCUT2D eigenvalue weighted by atomic mass is 16.6. The van der Waals surface area contributed by atoms with E-state index in [1.165, 1.54) is 0 Å². The summed E-state index contributed by atoms with van der Waals surface area (Å²) in [4.78, 5) is 62.6. The van der Waals surface area contributed by atoms with Crippen molar-refractivity contribution < 1.29 is 47.8 Å². The molecule has 0 aliphatic rings. The highest BCUT2D eigenvalue weighted by Gasteiger charge is 2.10. The molecule has 0 saturated carbocycles. The van der Waals surface area contributed by atoms with Gasteiger partial charge in [0, 0.05) is 32.6 Å². The second kappa shape index (κ2) is 27.8. The van der Waals surface area contributed by atoms with Crippen LogP contribution in [0, 0.1) is 5.41 Å². The predicted octanol–water partition coefficient (Wildman–Crippen LogP) is -3.14. The number of hydrogen-bond donors (Lipinski definition) is 7. The summed E-state index contributed by atoms with van der Waals surface area (Å²) >= 11 is 0. The Bertz CT molecular complexity index is 890. The third-order valence-corrected chi connectivity index (χ3v) is 4.53. The van der Waals surface area contributed by atoms with Crippen LogP contribution in [-0.4, -0.2) is 140 Å². The van der Waals surface area contributed by atoms with Gasteiger partial charge in [-0.3, -0.25) is 19.2 Å². The first-order chi connectivity index (χ1) is 20.8. The second-order valence-corrected chi connectivity index (χ2v) is 8.08. The van der Waals surface area contributed by atoms with Gasteiger partial charge in [0.05, 0.1) is 59.2 Å². The van der Waals surface area contributed by atoms with E-state index >= 15 is 0 Å². The van der Waals surface area contributed by atoms with E-state index in [4.69, 9.17) is 24.4 Å². The molecule has 0 aromatic heterocycles. The lowest BCUT2D eigenvalue weighted by atomic mass is 10.4. The maximum Gasteiger partial charge on any atom is 0.407 e. The summed E-state index contributed by atoms with van der Waals surface area (Å²) in [7, 11) is 0. The van der Waals surface area contributed by atoms with Gasteiger partial charge in [-0.25, -0.2) is 4.79 Å². The van der Waals surface area contributed by atoms with Crippen molar-refractivity contribution in [1.82, 2.24) is 32.0 Å². The molecule has 0 unspecified atom stereocenters. The number of carbonyl (C=O) groups excluding carboxylic acids is 5. The molecular formula is C24H43N9O10. The number of carbonyl (C=O) groups is 5. The molecule has 0 heterocycles. The Hall–Kier alpha value is -4.36. The Morgan fingerprint density at radius 3 is 1.81 bits per heavy atom. The molecule has 0 radical (unpaired) electrons. The van der Waals surface area contributed by atoms with Crippen LogP contribution in [0.4, 0.5) is 4.79 Å². The monoisotopic (exact) mass is 617 g/mol. The average molecular weight is 618 g/mol. The Kier molecular flexibility index (Phi) is 25.0. The Morgan fingerprint density at radius 2 is 1.23 bits per heavy atom. The van der Waals surface area contributed by atoms with Crippen molar-refractivity contribution in [3.63, 3.8) is 0 Å². The van der Waals surface area contributed by atoms with Gasteiger partial charge in [0.15, 0.2) is 6.61 Å². The summed E-state index contributed by atoms with van der Waals surface area (Å²) in [5.41, 5.74) is 2.89. The lowest BCUT2D eigenvalue weighted by Gasteiger charge is -2.10. The molecule has 0 rings (SSSR count). The standard InChI is InChI=1S/C24H43N9O10/c1-3-7-39-9-11-41-12-10-40-8-6-32-33-19(13-25)17-42-24(38)28-5-4-27-20(34)14-29-21(35)15-30-22(36)16-31-23(37)18-43-26-2/h13,25,32H,2-12,14-18H2,1H3,(H,27,34)(H,28,38)(H,29,35)(H,30,36)(H,31,37). The molecule has 43 heavy (non-hydrogen) atoms. The van der Waals surface area contributed by atoms with E-state index in [0.717, 1.165) is 19.2 Å². The van der Waals surface area contributed by atoms with E-state index in [9.17, 15) is 24.0 Å². The van der Waals surface area contributed by atoms with Gasteiger partial charge < -0.3 is 61.2 Å². The van der Waals surface area contributed by atoms with Crippen LogP contribution >= 0.6 is 0 Å². The summed E-state index contributed by atoms with van der Waals surface area (Å²) < 4.78 is 21.0. The van der Waals surface area contributed by atoms with Gasteiger partial charge >= 0.3 is 6.09 Å². The average Bonchev–Trinajstić information content (AvgIpc) is 3.00. The first-order valence-electron chi connectivity index (χ1n) is 13.4. The minimum Gasteiger partial charge on any atom is -0.443 e. The molecule has 0 aromatic rings. The molecule has 0 saturated heterocycles. The number of nitrogens with zero attached hydrogens (tertiary/aromatic N) is 2. The van der Waals surface area contributed by atoms with Crippen LogP contribution in [0.5, 0.6) is 0 Å². The van der Waals surface area contributed by atoms with Crippen molar-refractivity contribution in [2.45, 2.75) is 13.3 Å². The van der Waals surface area contributed by atoms with Crippen LogP contribution in [0.1, 0.15) is 13.3 Å². The van der Waals surface area contributed by atoms with E-state index in [2.05, 4.69) is 53.8 Å². The number of hydrogen-bond acceptors (Lipinski definition) is 14. The molecule has 7 N–H and O–H groups in total. The maximum absolute atomic E-state index is 11.8. The van der Waals surface area contributed by atoms with Crippen LogP contribution in [0.3, 0.4) is 0 Å². The smallest absolute Gasteiger partial charge is 0.407 e. The predicted molar refractivity (Wildman–Crippen MR) is 154 cm³/mol. The van der Waals surface area contributed by atoms with Crippen molar-refractivity contribution in [3.05, 3.63) is 0 Å². The zero-order valence-electron chi connectivity index (χ0n) is 24.4. The van der Waals surface area contributed by atoms with Crippen molar-refractivity contribution in [1.29, 1.82) is 5.41 Å². The second-order valence-electron chi connectivity index (χ2n) is 8.08. The van der Waals surface area contributed by atoms with Crippen molar-refractivity contribution >= 4 is 48.4 Å². The van der Waals surface area contributed by atoms with Crippen molar-refractivity contribution in [2.24, 2.45) is 10.3 Å². The summed E-state index contributed by atoms with van der Waals surface area (Å²) in [5.74, 6) is -2.38. The van der Waals surface area contributed by atoms with E-state index < -0.39 is 42.9 Å². The van der Waals surface area contributed by atoms with E-state index in [1.807, 2.05) is 6.92 Å². The molecule has 5 amide bonds. The van der Waals surface area contributed by atoms with Gasteiger partial charge in [-0.05, 0) is 6.42 Å². The molecule has 0 aliphatic heterocycles. The summed E-state index contributed by atoms with van der Waals surface area (Å²) in [5, 5.41) is 26.0. The molecule has 0 spiro atoms. The zero-order chi connectivity index (χ0) is 32.0. The third-order valence-electron chi connectivity index (χ3n) is 4.53. The lowest BCUT2D eigenvalue weighted by Crippen LogP contribution is -2.45. The molecule has 19 nitrogen and oxygen atoms in total. The van der Waals surface area contributed by atoms with Gasteiger partial charge in [0.2, 0.25) is 17.7 Å². The van der Waals surface area contributed by atoms with E-state index in [0.29, 0.717) is 39.6 Å². The molecule has 19 heteroatoms. The van der Waals surface area contributed by atoms with Gasteiger partial charge in [-0.2, -0.15) is 5.10 Å². The minimum atomic E-state index is -0.780. The fraction of sp³-hybridized carbons (Fsp3) is 0.667. The summed E-state index contributed by atoms with van der Waals surface area (Å²) in [6.07, 6.45) is 1.13. The Labute approximate surface area is 249 Å². The summed E-state index contributed by atoms with van der Waals surface area (Å²) in [6, 6.07) is 0. The topological polar surface area (TPSA) is 252 Å². The lowest BCUT2D eigenvalue weighted by molar-refractivity contribution is -0.130. The number of ether oxygens (including phenoxy) is 4. The van der Waals surface area contributed by atoms with Crippen LogP contribution in [0.15, 0.2) is 10.3 Å². The van der Waals surface area contributed by atoms with Gasteiger partial charge in [-0.1, -0.05) is 6.92 Å². The van der Waals surface area contributed by atoms with Crippen LogP contribution in [0.2, 0.25) is 0 Å².